The predicted molar refractivity (Wildman–Crippen MR) is 85.0 cm³/mol. The molecule has 1 aromatic carbocycles. The van der Waals surface area contributed by atoms with Crippen LogP contribution in [0.4, 0.5) is 0 Å². The molecule has 0 aliphatic carbocycles. The number of fused-ring (bicyclic) bond motifs is 1. The monoisotopic (exact) mass is 280 g/mol. The van der Waals surface area contributed by atoms with Gasteiger partial charge in [-0.3, -0.25) is 0 Å². The molecular weight excluding hydrogens is 260 g/mol. The third-order valence-corrected chi connectivity index (χ3v) is 3.80. The Bertz CT molecular complexity index is 757. The van der Waals surface area contributed by atoms with Crippen molar-refractivity contribution in [1.82, 2.24) is 14.5 Å². The van der Waals surface area contributed by atoms with Crippen molar-refractivity contribution in [1.29, 1.82) is 0 Å². The van der Waals surface area contributed by atoms with E-state index in [1.165, 1.54) is 0 Å². The number of hydrogen-bond donors (Lipinski definition) is 1. The molecule has 3 aromatic rings. The Labute approximate surface area is 124 Å². The van der Waals surface area contributed by atoms with Crippen LogP contribution >= 0.6 is 0 Å². The third kappa shape index (κ3) is 2.21. The molecule has 2 N–H and O–H groups in total. The Kier molecular flexibility index (Phi) is 3.26. The maximum atomic E-state index is 6.65. The molecule has 0 saturated carbocycles. The number of pyridine rings is 1. The van der Waals surface area contributed by atoms with E-state index in [0.717, 1.165) is 22.6 Å². The van der Waals surface area contributed by atoms with Crippen LogP contribution < -0.4 is 5.73 Å². The van der Waals surface area contributed by atoms with Crippen molar-refractivity contribution in [2.75, 3.05) is 0 Å². The lowest BCUT2D eigenvalue weighted by molar-refractivity contribution is 0.483. The lowest BCUT2D eigenvalue weighted by atomic mass is 9.92. The highest BCUT2D eigenvalue weighted by molar-refractivity contribution is 5.72. The summed E-state index contributed by atoms with van der Waals surface area (Å²) >= 11 is 0. The molecule has 3 rings (SSSR count). The summed E-state index contributed by atoms with van der Waals surface area (Å²) in [6.07, 6.45) is 1.79. The van der Waals surface area contributed by atoms with Crippen molar-refractivity contribution in [2.45, 2.75) is 32.4 Å². The molecule has 4 heteroatoms. The number of aromatic nitrogens is 3. The highest BCUT2D eigenvalue weighted by Crippen LogP contribution is 2.30. The molecule has 21 heavy (non-hydrogen) atoms. The van der Waals surface area contributed by atoms with Crippen molar-refractivity contribution < 1.29 is 0 Å². The predicted octanol–water partition coefficient (Wildman–Crippen LogP) is 3.23. The molecule has 1 atom stereocenters. The average molecular weight is 280 g/mol. The minimum absolute atomic E-state index is 0.242. The van der Waals surface area contributed by atoms with Crippen LogP contribution in [0.3, 0.4) is 0 Å². The van der Waals surface area contributed by atoms with Crippen LogP contribution in [-0.4, -0.2) is 14.5 Å². The molecule has 1 unspecified atom stereocenters. The van der Waals surface area contributed by atoms with Crippen LogP contribution in [0.2, 0.25) is 0 Å². The van der Waals surface area contributed by atoms with Gasteiger partial charge in [-0.25, -0.2) is 9.97 Å². The zero-order valence-electron chi connectivity index (χ0n) is 12.6. The molecule has 0 bridgehead atoms. The van der Waals surface area contributed by atoms with E-state index in [1.807, 2.05) is 49.4 Å². The molecule has 0 spiro atoms. The lowest BCUT2D eigenvalue weighted by Gasteiger charge is -2.27. The summed E-state index contributed by atoms with van der Waals surface area (Å²) in [4.78, 5) is 9.23. The van der Waals surface area contributed by atoms with Gasteiger partial charge in [0.1, 0.15) is 11.3 Å². The highest BCUT2D eigenvalue weighted by atomic mass is 15.2. The second kappa shape index (κ2) is 4.97. The van der Waals surface area contributed by atoms with Crippen molar-refractivity contribution in [3.63, 3.8) is 0 Å². The smallest absolute Gasteiger partial charge is 0.160 e. The summed E-state index contributed by atoms with van der Waals surface area (Å²) in [5.41, 5.74) is 8.80. The van der Waals surface area contributed by atoms with E-state index < -0.39 is 5.54 Å². The lowest BCUT2D eigenvalue weighted by Crippen LogP contribution is -2.37. The number of nitrogens with two attached hydrogens (primary N) is 1. The first-order valence-corrected chi connectivity index (χ1v) is 7.19. The van der Waals surface area contributed by atoms with Gasteiger partial charge in [-0.1, -0.05) is 30.3 Å². The first kappa shape index (κ1) is 13.8. The van der Waals surface area contributed by atoms with Gasteiger partial charge in [0.2, 0.25) is 0 Å². The molecule has 0 amide bonds. The summed E-state index contributed by atoms with van der Waals surface area (Å²) in [5.74, 6) is 0.845. The average Bonchev–Trinajstić information content (AvgIpc) is 2.88. The largest absolute Gasteiger partial charge is 0.315 e. The standard InChI is InChI=1S/C17H20N4/c1-12(2)21-15-14(10-7-11-19-15)20-16(21)17(3,18)13-8-5-4-6-9-13/h4-12H,18H2,1-3H3. The maximum absolute atomic E-state index is 6.65. The number of nitrogens with zero attached hydrogens (tertiary/aromatic N) is 3. The molecule has 108 valence electrons. The van der Waals surface area contributed by atoms with Crippen molar-refractivity contribution in [3.8, 4) is 0 Å². The summed E-state index contributed by atoms with van der Waals surface area (Å²) < 4.78 is 2.13. The molecule has 4 nitrogen and oxygen atoms in total. The molecule has 2 heterocycles. The van der Waals surface area contributed by atoms with E-state index in [0.29, 0.717) is 0 Å². The molecule has 2 aromatic heterocycles. The summed E-state index contributed by atoms with van der Waals surface area (Å²) in [5, 5.41) is 0. The topological polar surface area (TPSA) is 56.7 Å². The number of imidazole rings is 1. The van der Waals surface area contributed by atoms with Gasteiger partial charge in [0, 0.05) is 12.2 Å². The second-order valence-electron chi connectivity index (χ2n) is 5.81. The van der Waals surface area contributed by atoms with E-state index in [-0.39, 0.29) is 6.04 Å². The summed E-state index contributed by atoms with van der Waals surface area (Å²) in [7, 11) is 0. The fourth-order valence-corrected chi connectivity index (χ4v) is 2.70. The van der Waals surface area contributed by atoms with Crippen molar-refractivity contribution in [2.24, 2.45) is 5.73 Å². The Morgan fingerprint density at radius 2 is 1.81 bits per heavy atom. The molecule has 0 aliphatic heterocycles. The SMILES string of the molecule is CC(C)n1c(C(C)(N)c2ccccc2)nc2cccnc21. The molecule has 0 fully saturated rings. The fraction of sp³-hybridized carbons (Fsp3) is 0.294. The molecule has 0 aliphatic rings. The molecular formula is C17H20N4. The van der Waals surface area contributed by atoms with E-state index in [2.05, 4.69) is 23.4 Å². The normalized spacial score (nSPS) is 14.5. The number of hydrogen-bond acceptors (Lipinski definition) is 3. The zero-order chi connectivity index (χ0) is 15.0. The molecule has 0 radical (unpaired) electrons. The van der Waals surface area contributed by atoms with Crippen LogP contribution in [0.15, 0.2) is 48.7 Å². The Morgan fingerprint density at radius 3 is 2.48 bits per heavy atom. The van der Waals surface area contributed by atoms with Gasteiger partial charge in [0.25, 0.3) is 0 Å². The third-order valence-electron chi connectivity index (χ3n) is 3.80. The minimum Gasteiger partial charge on any atom is -0.315 e. The van der Waals surface area contributed by atoms with Crippen molar-refractivity contribution in [3.05, 3.63) is 60.0 Å². The Morgan fingerprint density at radius 1 is 1.10 bits per heavy atom. The highest BCUT2D eigenvalue weighted by Gasteiger charge is 2.31. The summed E-state index contributed by atoms with van der Waals surface area (Å²) in [6, 6.07) is 14.2. The quantitative estimate of drug-likeness (QED) is 0.801. The first-order chi connectivity index (χ1) is 10.0. The van der Waals surface area contributed by atoms with Crippen LogP contribution in [-0.2, 0) is 5.54 Å². The summed E-state index contributed by atoms with van der Waals surface area (Å²) in [6.45, 7) is 6.25. The number of benzene rings is 1. The number of rotatable bonds is 3. The van der Waals surface area contributed by atoms with Crippen LogP contribution in [0, 0.1) is 0 Å². The van der Waals surface area contributed by atoms with Gasteiger partial charge in [-0.15, -0.1) is 0 Å². The van der Waals surface area contributed by atoms with Crippen LogP contribution in [0.5, 0.6) is 0 Å². The van der Waals surface area contributed by atoms with Gasteiger partial charge in [-0.05, 0) is 38.5 Å². The van der Waals surface area contributed by atoms with Crippen LogP contribution in [0.25, 0.3) is 11.2 Å². The van der Waals surface area contributed by atoms with Gasteiger partial charge in [0.15, 0.2) is 5.65 Å². The second-order valence-corrected chi connectivity index (χ2v) is 5.81. The van der Waals surface area contributed by atoms with Gasteiger partial charge in [-0.2, -0.15) is 0 Å². The van der Waals surface area contributed by atoms with Gasteiger partial charge < -0.3 is 10.3 Å². The zero-order valence-corrected chi connectivity index (χ0v) is 12.6. The molecule has 0 saturated heterocycles. The van der Waals surface area contributed by atoms with E-state index in [4.69, 9.17) is 10.7 Å². The van der Waals surface area contributed by atoms with E-state index >= 15 is 0 Å². The maximum Gasteiger partial charge on any atom is 0.160 e. The van der Waals surface area contributed by atoms with E-state index in [1.54, 1.807) is 6.20 Å². The minimum atomic E-state index is -0.660. The van der Waals surface area contributed by atoms with Gasteiger partial charge >= 0.3 is 0 Å². The Balaban J connectivity index is 2.27. The fourth-order valence-electron chi connectivity index (χ4n) is 2.70. The van der Waals surface area contributed by atoms with Crippen LogP contribution in [0.1, 0.15) is 38.2 Å². The Hall–Kier alpha value is -2.20. The first-order valence-electron chi connectivity index (χ1n) is 7.19. The van der Waals surface area contributed by atoms with Gasteiger partial charge in [0.05, 0.1) is 5.54 Å². The van der Waals surface area contributed by atoms with E-state index in [9.17, 15) is 0 Å². The van der Waals surface area contributed by atoms with Crippen molar-refractivity contribution >= 4 is 11.2 Å².